The Hall–Kier alpha value is -0.770. The summed E-state index contributed by atoms with van der Waals surface area (Å²) in [6.45, 7) is 3.39. The predicted octanol–water partition coefficient (Wildman–Crippen LogP) is 2.00. The van der Waals surface area contributed by atoms with Crippen LogP contribution in [-0.2, 0) is 4.74 Å². The molecular formula is C10H13ClN2O. The molecule has 3 nitrogen and oxygen atoms in total. The van der Waals surface area contributed by atoms with Gasteiger partial charge in [0, 0.05) is 18.1 Å². The topological polar surface area (TPSA) is 24.5 Å². The number of halogens is 1. The van der Waals surface area contributed by atoms with Gasteiger partial charge in [0.2, 0.25) is 0 Å². The maximum absolute atomic E-state index is 5.88. The van der Waals surface area contributed by atoms with Crippen molar-refractivity contribution in [3.63, 3.8) is 0 Å². The average molecular weight is 213 g/mol. The van der Waals surface area contributed by atoms with Crippen molar-refractivity contribution in [1.29, 1.82) is 0 Å². The van der Waals surface area contributed by atoms with Gasteiger partial charge in [0.1, 0.15) is 0 Å². The van der Waals surface area contributed by atoms with Crippen LogP contribution in [0.3, 0.4) is 0 Å². The first kappa shape index (κ1) is 9.77. The molecule has 1 aromatic carbocycles. The minimum absolute atomic E-state index is 0.753. The van der Waals surface area contributed by atoms with Crippen molar-refractivity contribution in [2.24, 2.45) is 0 Å². The quantitative estimate of drug-likeness (QED) is 0.812. The maximum atomic E-state index is 5.88. The summed E-state index contributed by atoms with van der Waals surface area (Å²) < 4.78 is 5.25. The fraction of sp³-hybridized carbons (Fsp3) is 0.400. The van der Waals surface area contributed by atoms with E-state index < -0.39 is 0 Å². The highest BCUT2D eigenvalue weighted by Crippen LogP contribution is 2.15. The van der Waals surface area contributed by atoms with E-state index in [1.807, 2.05) is 24.3 Å². The number of hydrazine groups is 1. The number of ether oxygens (including phenoxy) is 1. The SMILES string of the molecule is Clc1cccc(NN2CCOCC2)c1. The molecule has 0 atom stereocenters. The van der Waals surface area contributed by atoms with Gasteiger partial charge in [-0.1, -0.05) is 17.7 Å². The van der Waals surface area contributed by atoms with Gasteiger partial charge in [0.25, 0.3) is 0 Å². The Balaban J connectivity index is 1.95. The molecule has 1 fully saturated rings. The summed E-state index contributed by atoms with van der Waals surface area (Å²) in [4.78, 5) is 0. The molecule has 1 aliphatic rings. The van der Waals surface area contributed by atoms with Gasteiger partial charge in [-0.2, -0.15) is 0 Å². The summed E-state index contributed by atoms with van der Waals surface area (Å²) in [5, 5.41) is 2.89. The van der Waals surface area contributed by atoms with E-state index in [0.717, 1.165) is 37.0 Å². The van der Waals surface area contributed by atoms with Gasteiger partial charge < -0.3 is 10.2 Å². The molecular weight excluding hydrogens is 200 g/mol. The van der Waals surface area contributed by atoms with Crippen LogP contribution in [0.25, 0.3) is 0 Å². The van der Waals surface area contributed by atoms with Crippen molar-refractivity contribution in [3.05, 3.63) is 29.3 Å². The largest absolute Gasteiger partial charge is 0.379 e. The Kier molecular flexibility index (Phi) is 3.24. The van der Waals surface area contributed by atoms with E-state index in [0.29, 0.717) is 0 Å². The van der Waals surface area contributed by atoms with E-state index in [9.17, 15) is 0 Å². The molecule has 1 heterocycles. The van der Waals surface area contributed by atoms with Gasteiger partial charge in [0.05, 0.1) is 18.9 Å². The third-order valence-corrected chi connectivity index (χ3v) is 2.36. The Labute approximate surface area is 88.6 Å². The minimum atomic E-state index is 0.753. The van der Waals surface area contributed by atoms with E-state index in [4.69, 9.17) is 16.3 Å². The number of benzene rings is 1. The third-order valence-electron chi connectivity index (χ3n) is 2.12. The first-order chi connectivity index (χ1) is 6.84. The zero-order chi connectivity index (χ0) is 9.80. The summed E-state index contributed by atoms with van der Waals surface area (Å²) in [5.41, 5.74) is 4.32. The molecule has 0 spiro atoms. The number of hydrogen-bond donors (Lipinski definition) is 1. The number of morpholine rings is 1. The number of nitrogens with zero attached hydrogens (tertiary/aromatic N) is 1. The molecule has 14 heavy (non-hydrogen) atoms. The highest BCUT2D eigenvalue weighted by molar-refractivity contribution is 6.30. The van der Waals surface area contributed by atoms with Crippen molar-refractivity contribution in [2.75, 3.05) is 31.7 Å². The Bertz CT molecular complexity index is 300. The van der Waals surface area contributed by atoms with Crippen molar-refractivity contribution in [2.45, 2.75) is 0 Å². The lowest BCUT2D eigenvalue weighted by Gasteiger charge is -2.27. The van der Waals surface area contributed by atoms with Gasteiger partial charge in [-0.15, -0.1) is 0 Å². The highest BCUT2D eigenvalue weighted by atomic mass is 35.5. The van der Waals surface area contributed by atoms with Gasteiger partial charge in [-0.05, 0) is 18.2 Å². The van der Waals surface area contributed by atoms with Crippen molar-refractivity contribution < 1.29 is 4.74 Å². The molecule has 0 aromatic heterocycles. The average Bonchev–Trinajstić information content (AvgIpc) is 2.19. The zero-order valence-corrected chi connectivity index (χ0v) is 8.63. The molecule has 1 aliphatic heterocycles. The van der Waals surface area contributed by atoms with Crippen LogP contribution in [-0.4, -0.2) is 31.3 Å². The predicted molar refractivity (Wildman–Crippen MR) is 57.5 cm³/mol. The van der Waals surface area contributed by atoms with Crippen molar-refractivity contribution in [1.82, 2.24) is 5.01 Å². The molecule has 2 rings (SSSR count). The smallest absolute Gasteiger partial charge is 0.0612 e. The van der Waals surface area contributed by atoms with Crippen LogP contribution in [0.4, 0.5) is 5.69 Å². The molecule has 76 valence electrons. The Morgan fingerprint density at radius 3 is 2.79 bits per heavy atom. The summed E-state index contributed by atoms with van der Waals surface area (Å²) in [6.07, 6.45) is 0. The molecule has 0 amide bonds. The fourth-order valence-electron chi connectivity index (χ4n) is 1.42. The number of anilines is 1. The van der Waals surface area contributed by atoms with E-state index >= 15 is 0 Å². The van der Waals surface area contributed by atoms with E-state index in [1.54, 1.807) is 0 Å². The molecule has 0 saturated carbocycles. The molecule has 0 aliphatic carbocycles. The lowest BCUT2D eigenvalue weighted by molar-refractivity contribution is 0.0497. The zero-order valence-electron chi connectivity index (χ0n) is 7.87. The number of hydrogen-bond acceptors (Lipinski definition) is 3. The summed E-state index contributed by atoms with van der Waals surface area (Å²) in [7, 11) is 0. The number of rotatable bonds is 2. The molecule has 0 radical (unpaired) electrons. The van der Waals surface area contributed by atoms with Gasteiger partial charge in [-0.3, -0.25) is 0 Å². The molecule has 0 unspecified atom stereocenters. The van der Waals surface area contributed by atoms with E-state index in [-0.39, 0.29) is 0 Å². The number of nitrogens with one attached hydrogen (secondary N) is 1. The van der Waals surface area contributed by atoms with Crippen LogP contribution in [0.2, 0.25) is 5.02 Å². The summed E-state index contributed by atoms with van der Waals surface area (Å²) in [5.74, 6) is 0. The normalized spacial score (nSPS) is 18.1. The van der Waals surface area contributed by atoms with Crippen LogP contribution < -0.4 is 5.43 Å². The van der Waals surface area contributed by atoms with Gasteiger partial charge in [-0.25, -0.2) is 5.01 Å². The first-order valence-corrected chi connectivity index (χ1v) is 5.07. The summed E-state index contributed by atoms with van der Waals surface area (Å²) >= 11 is 5.88. The van der Waals surface area contributed by atoms with Crippen LogP contribution in [0.5, 0.6) is 0 Å². The van der Waals surface area contributed by atoms with Crippen molar-refractivity contribution in [3.8, 4) is 0 Å². The highest BCUT2D eigenvalue weighted by Gasteiger charge is 2.09. The molecule has 1 aromatic rings. The fourth-order valence-corrected chi connectivity index (χ4v) is 1.61. The Morgan fingerprint density at radius 2 is 2.07 bits per heavy atom. The van der Waals surface area contributed by atoms with Gasteiger partial charge >= 0.3 is 0 Å². The van der Waals surface area contributed by atoms with Crippen LogP contribution in [0.15, 0.2) is 24.3 Å². The second-order valence-electron chi connectivity index (χ2n) is 3.22. The molecule has 4 heteroatoms. The van der Waals surface area contributed by atoms with E-state index in [1.165, 1.54) is 0 Å². The van der Waals surface area contributed by atoms with E-state index in [2.05, 4.69) is 10.4 Å². The molecule has 1 N–H and O–H groups in total. The summed E-state index contributed by atoms with van der Waals surface area (Å²) in [6, 6.07) is 7.72. The molecule has 1 saturated heterocycles. The lowest BCUT2D eigenvalue weighted by Crippen LogP contribution is -2.40. The minimum Gasteiger partial charge on any atom is -0.379 e. The maximum Gasteiger partial charge on any atom is 0.0612 e. The second-order valence-corrected chi connectivity index (χ2v) is 3.66. The standard InChI is InChI=1S/C10H13ClN2O/c11-9-2-1-3-10(8-9)12-13-4-6-14-7-5-13/h1-3,8,12H,4-7H2. The molecule has 0 bridgehead atoms. The Morgan fingerprint density at radius 1 is 1.29 bits per heavy atom. The third kappa shape index (κ3) is 2.61. The van der Waals surface area contributed by atoms with Crippen LogP contribution in [0.1, 0.15) is 0 Å². The van der Waals surface area contributed by atoms with Crippen molar-refractivity contribution >= 4 is 17.3 Å². The monoisotopic (exact) mass is 212 g/mol. The first-order valence-electron chi connectivity index (χ1n) is 4.69. The van der Waals surface area contributed by atoms with Crippen LogP contribution >= 0.6 is 11.6 Å². The second kappa shape index (κ2) is 4.64. The van der Waals surface area contributed by atoms with Crippen LogP contribution in [0, 0.1) is 0 Å². The van der Waals surface area contributed by atoms with Gasteiger partial charge in [0.15, 0.2) is 0 Å². The lowest BCUT2D eigenvalue weighted by atomic mass is 10.3.